The quantitative estimate of drug-likeness (QED) is 0.575. The summed E-state index contributed by atoms with van der Waals surface area (Å²) < 4.78 is 5.93. The molecule has 0 saturated heterocycles. The molecule has 0 aliphatic heterocycles. The van der Waals surface area contributed by atoms with Gasteiger partial charge in [-0.2, -0.15) is 0 Å². The van der Waals surface area contributed by atoms with Gasteiger partial charge in [-0.1, -0.05) is 71.4 Å². The van der Waals surface area contributed by atoms with Crippen molar-refractivity contribution in [3.05, 3.63) is 29.3 Å². The van der Waals surface area contributed by atoms with Crippen LogP contribution in [0, 0.1) is 5.92 Å². The predicted octanol–water partition coefficient (Wildman–Crippen LogP) is 5.16. The molecule has 0 spiro atoms. The van der Waals surface area contributed by atoms with Gasteiger partial charge in [0.25, 0.3) is 0 Å². The zero-order chi connectivity index (χ0) is 20.4. The Bertz CT molecular complexity index is 720. The van der Waals surface area contributed by atoms with E-state index in [9.17, 15) is 9.59 Å². The molecular weight excluding hydrogens is 350 g/mol. The first-order chi connectivity index (χ1) is 13.2. The molecule has 2 aliphatic rings. The van der Waals surface area contributed by atoms with E-state index in [4.69, 9.17) is 10.5 Å². The van der Waals surface area contributed by atoms with Crippen molar-refractivity contribution in [2.75, 3.05) is 0 Å². The molecule has 2 fully saturated rings. The fourth-order valence-electron chi connectivity index (χ4n) is 4.79. The van der Waals surface area contributed by atoms with E-state index in [-0.39, 0.29) is 23.2 Å². The minimum Gasteiger partial charge on any atom is -0.426 e. The number of esters is 1. The van der Waals surface area contributed by atoms with E-state index < -0.39 is 5.41 Å². The summed E-state index contributed by atoms with van der Waals surface area (Å²) in [6, 6.07) is 5.97. The van der Waals surface area contributed by atoms with Gasteiger partial charge in [0, 0.05) is 5.56 Å². The molecule has 0 aromatic heterocycles. The number of amides is 1. The molecule has 3 rings (SSSR count). The smallest absolute Gasteiger partial charge is 0.314 e. The van der Waals surface area contributed by atoms with Crippen LogP contribution >= 0.6 is 0 Å². The third-order valence-electron chi connectivity index (χ3n) is 6.69. The molecule has 154 valence electrons. The molecule has 2 saturated carbocycles. The largest absolute Gasteiger partial charge is 0.426 e. The summed E-state index contributed by atoms with van der Waals surface area (Å²) in [6.45, 7) is 6.45. The lowest BCUT2D eigenvalue weighted by atomic mass is 9.67. The molecule has 0 heterocycles. The number of carbonyl (C=O) groups excluding carboxylic acids is 2. The molecule has 0 bridgehead atoms. The third-order valence-corrected chi connectivity index (χ3v) is 6.69. The SMILES string of the molecule is CC(C)(C)c1ccc(OC(=O)C2CCCCC2)c(C2(C(N)=O)CCCCC2)c1. The Kier molecular flexibility index (Phi) is 6.16. The van der Waals surface area contributed by atoms with Crippen molar-refractivity contribution >= 4 is 11.9 Å². The van der Waals surface area contributed by atoms with Crippen LogP contribution in [0.15, 0.2) is 18.2 Å². The Balaban J connectivity index is 2.01. The van der Waals surface area contributed by atoms with E-state index in [1.165, 1.54) is 6.42 Å². The Morgan fingerprint density at radius 1 is 1.00 bits per heavy atom. The molecule has 1 amide bonds. The zero-order valence-electron chi connectivity index (χ0n) is 17.7. The standard InChI is InChI=1S/C24H35NO3/c1-23(2,3)18-12-13-20(28-21(26)17-10-6-4-7-11-17)19(16-18)24(22(25)27)14-8-5-9-15-24/h12-13,16-17H,4-11,14-15H2,1-3H3,(H2,25,27). The van der Waals surface area contributed by atoms with Crippen LogP contribution in [-0.2, 0) is 20.4 Å². The number of hydrogen-bond donors (Lipinski definition) is 1. The van der Waals surface area contributed by atoms with Crippen molar-refractivity contribution in [1.29, 1.82) is 0 Å². The first-order valence-electron chi connectivity index (χ1n) is 10.9. The van der Waals surface area contributed by atoms with Crippen LogP contribution in [-0.4, -0.2) is 11.9 Å². The van der Waals surface area contributed by atoms with Gasteiger partial charge in [0.15, 0.2) is 0 Å². The average molecular weight is 386 g/mol. The number of hydrogen-bond acceptors (Lipinski definition) is 3. The van der Waals surface area contributed by atoms with Crippen LogP contribution in [0.4, 0.5) is 0 Å². The molecule has 0 atom stereocenters. The minimum absolute atomic E-state index is 0.0280. The van der Waals surface area contributed by atoms with Crippen molar-refractivity contribution in [2.24, 2.45) is 11.7 Å². The second-order valence-corrected chi connectivity index (χ2v) is 9.72. The second-order valence-electron chi connectivity index (χ2n) is 9.72. The highest BCUT2D eigenvalue weighted by Gasteiger charge is 2.42. The molecule has 2 N–H and O–H groups in total. The van der Waals surface area contributed by atoms with E-state index in [0.717, 1.165) is 68.9 Å². The van der Waals surface area contributed by atoms with E-state index in [1.807, 2.05) is 12.1 Å². The van der Waals surface area contributed by atoms with Crippen molar-refractivity contribution < 1.29 is 14.3 Å². The fourth-order valence-corrected chi connectivity index (χ4v) is 4.79. The van der Waals surface area contributed by atoms with Crippen molar-refractivity contribution in [3.8, 4) is 5.75 Å². The van der Waals surface area contributed by atoms with E-state index in [2.05, 4.69) is 26.8 Å². The van der Waals surface area contributed by atoms with Crippen LogP contribution in [0.1, 0.15) is 96.1 Å². The lowest BCUT2D eigenvalue weighted by Crippen LogP contribution is -2.43. The van der Waals surface area contributed by atoms with Crippen molar-refractivity contribution in [3.63, 3.8) is 0 Å². The molecular formula is C24H35NO3. The Morgan fingerprint density at radius 2 is 1.61 bits per heavy atom. The predicted molar refractivity (Wildman–Crippen MR) is 111 cm³/mol. The first-order valence-corrected chi connectivity index (χ1v) is 10.9. The monoisotopic (exact) mass is 385 g/mol. The molecule has 1 aromatic rings. The molecule has 28 heavy (non-hydrogen) atoms. The maximum Gasteiger partial charge on any atom is 0.314 e. The van der Waals surface area contributed by atoms with Gasteiger partial charge >= 0.3 is 5.97 Å². The molecule has 4 nitrogen and oxygen atoms in total. The Hall–Kier alpha value is -1.84. The van der Waals surface area contributed by atoms with Gasteiger partial charge < -0.3 is 10.5 Å². The van der Waals surface area contributed by atoms with E-state index >= 15 is 0 Å². The van der Waals surface area contributed by atoms with Crippen molar-refractivity contribution in [2.45, 2.75) is 95.8 Å². The fraction of sp³-hybridized carbons (Fsp3) is 0.667. The number of carbonyl (C=O) groups is 2. The molecule has 1 aromatic carbocycles. The highest BCUT2D eigenvalue weighted by atomic mass is 16.5. The van der Waals surface area contributed by atoms with Gasteiger partial charge in [-0.05, 0) is 42.7 Å². The van der Waals surface area contributed by atoms with E-state index in [1.54, 1.807) is 0 Å². The normalized spacial score (nSPS) is 20.5. The summed E-state index contributed by atoms with van der Waals surface area (Å²) in [4.78, 5) is 25.5. The lowest BCUT2D eigenvalue weighted by molar-refractivity contribution is -0.140. The van der Waals surface area contributed by atoms with Gasteiger partial charge in [0.05, 0.1) is 11.3 Å². The molecule has 0 radical (unpaired) electrons. The number of rotatable bonds is 4. The summed E-state index contributed by atoms with van der Waals surface area (Å²) >= 11 is 0. The highest BCUT2D eigenvalue weighted by molar-refractivity contribution is 5.88. The zero-order valence-corrected chi connectivity index (χ0v) is 17.7. The van der Waals surface area contributed by atoms with Crippen molar-refractivity contribution in [1.82, 2.24) is 0 Å². The Morgan fingerprint density at radius 3 is 2.18 bits per heavy atom. The van der Waals surface area contributed by atoms with E-state index in [0.29, 0.717) is 5.75 Å². The summed E-state index contributed by atoms with van der Waals surface area (Å²) in [7, 11) is 0. The molecule has 2 aliphatic carbocycles. The first kappa shape index (κ1) is 20.9. The number of benzene rings is 1. The van der Waals surface area contributed by atoms with Crippen LogP contribution in [0.5, 0.6) is 5.75 Å². The average Bonchev–Trinajstić information content (AvgIpc) is 2.68. The maximum absolute atomic E-state index is 12.8. The van der Waals surface area contributed by atoms with Crippen LogP contribution in [0.25, 0.3) is 0 Å². The third kappa shape index (κ3) is 4.26. The van der Waals surface area contributed by atoms with Gasteiger partial charge in [0.2, 0.25) is 5.91 Å². The summed E-state index contributed by atoms with van der Waals surface area (Å²) in [5.41, 5.74) is 7.11. The summed E-state index contributed by atoms with van der Waals surface area (Å²) in [6.07, 6.45) is 9.67. The summed E-state index contributed by atoms with van der Waals surface area (Å²) in [5.74, 6) is 0.0529. The molecule has 0 unspecified atom stereocenters. The van der Waals surface area contributed by atoms with Gasteiger partial charge in [0.1, 0.15) is 5.75 Å². The second kappa shape index (κ2) is 8.26. The van der Waals surface area contributed by atoms with Gasteiger partial charge in [-0.3, -0.25) is 9.59 Å². The van der Waals surface area contributed by atoms with Crippen LogP contribution in [0.3, 0.4) is 0 Å². The van der Waals surface area contributed by atoms with Crippen LogP contribution in [0.2, 0.25) is 0 Å². The lowest BCUT2D eigenvalue weighted by Gasteiger charge is -2.37. The topological polar surface area (TPSA) is 69.4 Å². The van der Waals surface area contributed by atoms with Gasteiger partial charge in [-0.15, -0.1) is 0 Å². The number of nitrogens with two attached hydrogens (primary N) is 1. The maximum atomic E-state index is 12.8. The highest BCUT2D eigenvalue weighted by Crippen LogP contribution is 2.45. The number of ether oxygens (including phenoxy) is 1. The summed E-state index contributed by atoms with van der Waals surface area (Å²) in [5, 5.41) is 0. The van der Waals surface area contributed by atoms with Gasteiger partial charge in [-0.25, -0.2) is 0 Å². The molecule has 4 heteroatoms. The van der Waals surface area contributed by atoms with Crippen LogP contribution < -0.4 is 10.5 Å². The minimum atomic E-state index is -0.734. The Labute approximate surface area is 169 Å². The number of primary amides is 1.